The number of carbonyl (C=O) groups is 3. The van der Waals surface area contributed by atoms with Crippen molar-refractivity contribution in [3.05, 3.63) is 163 Å². The Labute approximate surface area is 671 Å². The van der Waals surface area contributed by atoms with Crippen molar-refractivity contribution < 1.29 is 47.3 Å². The van der Waals surface area contributed by atoms with Crippen LogP contribution in [0.25, 0.3) is 85.8 Å². The zero-order chi connectivity index (χ0) is 78.6. The van der Waals surface area contributed by atoms with E-state index in [2.05, 4.69) is 84.2 Å². The third kappa shape index (κ3) is 20.6. The van der Waals surface area contributed by atoms with E-state index in [1.54, 1.807) is 9.80 Å². The molecule has 2 N–H and O–H groups in total. The van der Waals surface area contributed by atoms with E-state index < -0.39 is 16.9 Å². The molecule has 0 saturated heterocycles. The second-order valence-corrected chi connectivity index (χ2v) is 32.0. The molecule has 0 atom stereocenters. The maximum absolute atomic E-state index is 14.7. The number of quaternary nitrogens is 2. The molecule has 18 nitrogen and oxygen atoms in total. The molecular formula is C92H122N8O10S2+2. The number of aryl methyl sites for hydroxylation is 4. The lowest BCUT2D eigenvalue weighted by Gasteiger charge is -2.37. The summed E-state index contributed by atoms with van der Waals surface area (Å²) < 4.78 is 20.2. The number of hydrogen-bond donors (Lipinski definition) is 2. The molecule has 4 aliphatic rings. The summed E-state index contributed by atoms with van der Waals surface area (Å²) in [6, 6.07) is 35.7. The molecule has 0 aliphatic carbocycles. The molecule has 0 spiro atoms. The first-order chi connectivity index (χ1) is 53.3. The Hall–Kier alpha value is -9.17. The number of amides is 2. The van der Waals surface area contributed by atoms with E-state index in [0.717, 1.165) is 163 Å². The molecule has 112 heavy (non-hydrogen) atoms. The van der Waals surface area contributed by atoms with Crippen LogP contribution in [0.15, 0.2) is 128 Å². The smallest absolute Gasteiger partial charge is 0.373 e. The first-order valence-corrected chi connectivity index (χ1v) is 42.1. The van der Waals surface area contributed by atoms with Crippen molar-refractivity contribution in [1.82, 2.24) is 19.8 Å². The van der Waals surface area contributed by atoms with Crippen LogP contribution in [0, 0.1) is 0 Å². The van der Waals surface area contributed by atoms with Gasteiger partial charge in [0.25, 0.3) is 11.8 Å². The van der Waals surface area contributed by atoms with E-state index in [0.29, 0.717) is 87.2 Å². The van der Waals surface area contributed by atoms with Crippen molar-refractivity contribution in [1.29, 1.82) is 0 Å². The van der Waals surface area contributed by atoms with E-state index >= 15 is 0 Å². The first-order valence-electron chi connectivity index (χ1n) is 40.5. The number of thiazole rings is 2. The van der Waals surface area contributed by atoms with E-state index in [9.17, 15) is 24.0 Å². The van der Waals surface area contributed by atoms with Gasteiger partial charge in [-0.1, -0.05) is 109 Å². The number of ether oxygens (including phenoxy) is 1. The van der Waals surface area contributed by atoms with Gasteiger partial charge >= 0.3 is 23.4 Å². The summed E-state index contributed by atoms with van der Waals surface area (Å²) in [7, 11) is 0. The average Bonchev–Trinajstić information content (AvgIpc) is 0.960. The third-order valence-corrected chi connectivity index (χ3v) is 23.6. The Kier molecular flexibility index (Phi) is 33.2. The minimum Gasteiger partial charge on any atom is -0.460 e. The minimum atomic E-state index is -0.560. The minimum absolute atomic E-state index is 0. The van der Waals surface area contributed by atoms with Gasteiger partial charge in [-0.15, -0.1) is 22.7 Å². The maximum atomic E-state index is 14.7. The largest absolute Gasteiger partial charge is 0.460 e. The standard InChI is InChI=1S/C41H45N3O5S.C36H37N3O3S.2C6H15N.CO2.2CH4/c1-5-6-21-44(24-13-20-33(45)49-41(2,3)4)39(46)28-16-8-7-15-27(28)34-30-25-26-14-11-22-43-23-12-17-29(36(26)43)37(30)48-40(47)35(34)38-42-31-18-9-10-19-32(31)50-38;1-3-5-19-39(18-4-2)35(40)25-14-7-6-13-24(25)30-27-22-23-12-10-20-38-21-11-15-26(32(23)38)33(27)42-36(41)31(30)34-37-28-16-8-9-17-29(28)43-34;2*1-4-7(5-2)6-3;2-1-3;;/h7-10,15-16,18-19,25H,5-6,11-14,17,20-24H2,1-4H3;6-9,13-14,16-17,22H,3-5,10-12,15,18-21H2,1-2H3;2*4-6H2,1-3H3;;2*1H4/p+2. The summed E-state index contributed by atoms with van der Waals surface area (Å²) in [6.07, 6.45) is 13.4. The Morgan fingerprint density at radius 2 is 0.866 bits per heavy atom. The number of para-hydroxylation sites is 2. The second-order valence-electron chi connectivity index (χ2n) is 29.9. The highest BCUT2D eigenvalue weighted by Crippen LogP contribution is 2.49. The predicted molar refractivity (Wildman–Crippen MR) is 461 cm³/mol. The number of esters is 1. The van der Waals surface area contributed by atoms with Crippen LogP contribution < -0.4 is 30.9 Å². The Bertz CT molecular complexity index is 4890. The summed E-state index contributed by atoms with van der Waals surface area (Å²) in [6.45, 7) is 39.4. The number of benzene rings is 6. The SMILES string of the molecule is C.C.CCCCN(CCC)C(=O)c1ccccc1-c1c(-c2nc3ccccc3s2)c(=O)oc2c3c4c(cc12)CCCN4CCC3.CCCCN(CCCC(=O)OC(C)(C)C)C(=O)c1ccccc1-c1c(-c2nc3ccccc3s2)c(=O)oc2c3c4c(cc12)CCCN4CCC3.CC[NH+](CC)CC.CC[NH+](CC)CC.O=C=O. The lowest BCUT2D eigenvalue weighted by atomic mass is 9.86. The molecular weight excluding hydrogens is 1440 g/mol. The van der Waals surface area contributed by atoms with Gasteiger partial charge in [-0.25, -0.2) is 19.6 Å². The van der Waals surface area contributed by atoms with Gasteiger partial charge in [-0.3, -0.25) is 14.4 Å². The third-order valence-electron chi connectivity index (χ3n) is 21.5. The van der Waals surface area contributed by atoms with Crippen LogP contribution in [0.2, 0.25) is 0 Å². The topological polar surface area (TPSA) is 203 Å². The molecule has 600 valence electrons. The molecule has 0 fully saturated rings. The summed E-state index contributed by atoms with van der Waals surface area (Å²) in [4.78, 5) is 108. The number of hydrogen-bond acceptors (Lipinski definition) is 16. The Balaban J connectivity index is 0.000000231. The van der Waals surface area contributed by atoms with Crippen LogP contribution in [0.5, 0.6) is 0 Å². The van der Waals surface area contributed by atoms with Crippen LogP contribution in [-0.2, 0) is 44.8 Å². The number of carbonyl (C=O) groups excluding carboxylic acids is 5. The zero-order valence-corrected chi connectivity index (χ0v) is 68.6. The molecule has 0 bridgehead atoms. The van der Waals surface area contributed by atoms with Crippen molar-refractivity contribution in [3.8, 4) is 43.4 Å². The number of anilines is 2. The van der Waals surface area contributed by atoms with Crippen LogP contribution in [0.4, 0.5) is 11.4 Å². The van der Waals surface area contributed by atoms with Crippen LogP contribution in [0.3, 0.4) is 0 Å². The number of unbranched alkanes of at least 4 members (excludes halogenated alkanes) is 2. The lowest BCUT2D eigenvalue weighted by molar-refractivity contribution is -0.894. The highest BCUT2D eigenvalue weighted by Gasteiger charge is 2.35. The number of fused-ring (bicyclic) bond motifs is 6. The van der Waals surface area contributed by atoms with Crippen molar-refractivity contribution in [2.75, 3.05) is 101 Å². The lowest BCUT2D eigenvalue weighted by Crippen LogP contribution is -3.11. The molecule has 14 rings (SSSR count). The van der Waals surface area contributed by atoms with Crippen LogP contribution in [-0.4, -0.2) is 141 Å². The van der Waals surface area contributed by atoms with Crippen LogP contribution in [0.1, 0.15) is 212 Å². The first kappa shape index (κ1) is 88.4. The number of nitrogens with zero attached hydrogens (tertiary/aromatic N) is 6. The highest BCUT2D eigenvalue weighted by molar-refractivity contribution is 7.22. The predicted octanol–water partition coefficient (Wildman–Crippen LogP) is 17.4. The molecule has 0 saturated carbocycles. The second kappa shape index (κ2) is 42.1. The number of nitrogens with one attached hydrogen (secondary N) is 2. The summed E-state index contributed by atoms with van der Waals surface area (Å²) >= 11 is 2.96. The molecule has 0 radical (unpaired) electrons. The van der Waals surface area contributed by atoms with Gasteiger partial charge in [-0.2, -0.15) is 9.59 Å². The van der Waals surface area contributed by atoms with Gasteiger partial charge in [0.2, 0.25) is 0 Å². The molecule has 4 aromatic heterocycles. The van der Waals surface area contributed by atoms with E-state index in [1.165, 1.54) is 84.4 Å². The highest BCUT2D eigenvalue weighted by atomic mass is 32.1. The van der Waals surface area contributed by atoms with Crippen LogP contribution >= 0.6 is 22.7 Å². The molecule has 20 heteroatoms. The van der Waals surface area contributed by atoms with Gasteiger partial charge < -0.3 is 43.0 Å². The molecule has 10 aromatic rings. The van der Waals surface area contributed by atoms with E-state index in [-0.39, 0.29) is 45.2 Å². The molecule has 0 unspecified atom stereocenters. The van der Waals surface area contributed by atoms with E-state index in [4.69, 9.17) is 33.1 Å². The average molecular weight is 1560 g/mol. The number of aromatic nitrogens is 2. The summed E-state index contributed by atoms with van der Waals surface area (Å²) in [5.74, 6) is -0.386. The quantitative estimate of drug-likeness (QED) is 0.0427. The summed E-state index contributed by atoms with van der Waals surface area (Å²) in [5.41, 5.74) is 13.7. The Morgan fingerprint density at radius 3 is 1.23 bits per heavy atom. The fourth-order valence-corrected chi connectivity index (χ4v) is 18.0. The molecule has 6 aromatic carbocycles. The maximum Gasteiger partial charge on any atom is 0.373 e. The van der Waals surface area contributed by atoms with Gasteiger partial charge in [0.05, 0.1) is 59.7 Å². The molecule has 2 amide bonds. The number of rotatable bonds is 24. The fraction of sp³-hybridized carbons (Fsp3) is 0.478. The van der Waals surface area contributed by atoms with E-state index in [1.807, 2.05) is 128 Å². The van der Waals surface area contributed by atoms with Gasteiger partial charge in [0.1, 0.15) is 37.9 Å². The normalized spacial score (nSPS) is 13.2. The van der Waals surface area contributed by atoms with Crippen molar-refractivity contribution in [2.45, 2.75) is 200 Å². The van der Waals surface area contributed by atoms with Crippen molar-refractivity contribution >= 4 is 100 Å². The van der Waals surface area contributed by atoms with Crippen molar-refractivity contribution in [3.63, 3.8) is 0 Å². The van der Waals surface area contributed by atoms with Gasteiger partial charge in [0.15, 0.2) is 0 Å². The molecule has 8 heterocycles. The van der Waals surface area contributed by atoms with Crippen molar-refractivity contribution in [2.24, 2.45) is 0 Å². The molecule has 4 aliphatic heterocycles. The van der Waals surface area contributed by atoms with Gasteiger partial charge in [-0.05, 0) is 210 Å². The summed E-state index contributed by atoms with van der Waals surface area (Å²) in [5, 5.41) is 2.95. The Morgan fingerprint density at radius 1 is 0.500 bits per heavy atom. The fourth-order valence-electron chi connectivity index (χ4n) is 16.0. The van der Waals surface area contributed by atoms with Gasteiger partial charge in [0, 0.05) is 114 Å². The monoisotopic (exact) mass is 1560 g/mol. The zero-order valence-electron chi connectivity index (χ0n) is 67.0.